The Kier molecular flexibility index (Phi) is 6.95. The Balaban J connectivity index is 1.64. The van der Waals surface area contributed by atoms with Gasteiger partial charge in [0.1, 0.15) is 0 Å². The Morgan fingerprint density at radius 2 is 1.77 bits per heavy atom. The van der Waals surface area contributed by atoms with Crippen LogP contribution >= 0.6 is 11.6 Å². The molecular weight excluding hydrogens is 424 g/mol. The minimum Gasteiger partial charge on any atom is -0.341 e. The van der Waals surface area contributed by atoms with Gasteiger partial charge in [0.2, 0.25) is 15.9 Å². The molecule has 0 radical (unpaired) electrons. The van der Waals surface area contributed by atoms with Gasteiger partial charge in [-0.25, -0.2) is 8.42 Å². The average molecular weight is 449 g/mol. The van der Waals surface area contributed by atoms with Gasteiger partial charge in [-0.1, -0.05) is 41.9 Å². The highest BCUT2D eigenvalue weighted by molar-refractivity contribution is 7.89. The fourth-order valence-corrected chi connectivity index (χ4v) is 5.35. The van der Waals surface area contributed by atoms with E-state index in [0.29, 0.717) is 30.0 Å². The zero-order valence-corrected chi connectivity index (χ0v) is 18.6. The number of ketones is 1. The van der Waals surface area contributed by atoms with E-state index in [1.165, 1.54) is 23.4 Å². The average Bonchev–Trinajstić information content (AvgIpc) is 2.75. The Bertz CT molecular complexity index is 1050. The van der Waals surface area contributed by atoms with Crippen molar-refractivity contribution in [3.63, 3.8) is 0 Å². The number of benzene rings is 2. The summed E-state index contributed by atoms with van der Waals surface area (Å²) in [5, 5.41) is 0.617. The third kappa shape index (κ3) is 4.91. The normalized spacial score (nSPS) is 15.7. The van der Waals surface area contributed by atoms with Gasteiger partial charge in [0.05, 0.1) is 4.90 Å². The largest absolute Gasteiger partial charge is 0.341 e. The van der Waals surface area contributed by atoms with Crippen molar-refractivity contribution in [3.8, 4) is 0 Å². The maximum Gasteiger partial charge on any atom is 0.243 e. The van der Waals surface area contributed by atoms with E-state index >= 15 is 0 Å². The molecule has 1 heterocycles. The van der Waals surface area contributed by atoms with Crippen LogP contribution in [0.4, 0.5) is 0 Å². The van der Waals surface area contributed by atoms with Crippen LogP contribution in [0.5, 0.6) is 0 Å². The van der Waals surface area contributed by atoms with Gasteiger partial charge >= 0.3 is 0 Å². The number of hydrogen-bond donors (Lipinski definition) is 0. The molecule has 1 aliphatic rings. The van der Waals surface area contributed by atoms with Gasteiger partial charge in [-0.2, -0.15) is 4.31 Å². The van der Waals surface area contributed by atoms with Crippen molar-refractivity contribution in [1.82, 2.24) is 9.21 Å². The van der Waals surface area contributed by atoms with Crippen molar-refractivity contribution >= 4 is 33.3 Å². The highest BCUT2D eigenvalue weighted by Crippen LogP contribution is 2.26. The quantitative estimate of drug-likeness (QED) is 0.633. The number of sulfonamides is 1. The molecule has 8 heteroatoms. The topological polar surface area (TPSA) is 74.8 Å². The predicted octanol–water partition coefficient (Wildman–Crippen LogP) is 3.60. The molecule has 0 spiro atoms. The molecule has 2 aromatic carbocycles. The van der Waals surface area contributed by atoms with Crippen LogP contribution in [0.1, 0.15) is 35.7 Å². The molecule has 1 saturated heterocycles. The van der Waals surface area contributed by atoms with Gasteiger partial charge in [0.15, 0.2) is 5.78 Å². The molecule has 3 rings (SSSR count). The van der Waals surface area contributed by atoms with Crippen molar-refractivity contribution < 1.29 is 18.0 Å². The second kappa shape index (κ2) is 9.29. The van der Waals surface area contributed by atoms with Crippen LogP contribution < -0.4 is 0 Å². The smallest absolute Gasteiger partial charge is 0.243 e. The van der Waals surface area contributed by atoms with Gasteiger partial charge < -0.3 is 4.90 Å². The molecule has 6 nitrogen and oxygen atoms in total. The Morgan fingerprint density at radius 3 is 2.40 bits per heavy atom. The molecule has 2 aromatic rings. The highest BCUT2D eigenvalue weighted by atomic mass is 35.5. The van der Waals surface area contributed by atoms with E-state index in [0.717, 1.165) is 5.56 Å². The van der Waals surface area contributed by atoms with Gasteiger partial charge in [-0.05, 0) is 43.5 Å². The second-order valence-electron chi connectivity index (χ2n) is 7.55. The molecule has 0 N–H and O–H groups in total. The summed E-state index contributed by atoms with van der Waals surface area (Å²) in [5.74, 6) is -0.420. The van der Waals surface area contributed by atoms with E-state index in [4.69, 9.17) is 11.6 Å². The minimum absolute atomic E-state index is 0.00875. The van der Waals surface area contributed by atoms with Crippen LogP contribution in [0.2, 0.25) is 5.02 Å². The molecule has 1 fully saturated rings. The van der Waals surface area contributed by atoms with E-state index in [-0.39, 0.29) is 35.6 Å². The summed E-state index contributed by atoms with van der Waals surface area (Å²) >= 11 is 6.18. The van der Waals surface area contributed by atoms with Crippen LogP contribution in [0.3, 0.4) is 0 Å². The first-order valence-corrected chi connectivity index (χ1v) is 11.6. The lowest BCUT2D eigenvalue weighted by Gasteiger charge is -2.32. The monoisotopic (exact) mass is 448 g/mol. The number of halogens is 1. The van der Waals surface area contributed by atoms with Gasteiger partial charge in [0.25, 0.3) is 0 Å². The summed E-state index contributed by atoms with van der Waals surface area (Å²) in [7, 11) is -1.96. The fraction of sp³-hybridized carbons (Fsp3) is 0.364. The number of carbonyl (C=O) groups is 2. The molecule has 0 bridgehead atoms. The molecule has 0 unspecified atom stereocenters. The molecule has 0 aliphatic carbocycles. The van der Waals surface area contributed by atoms with E-state index < -0.39 is 10.0 Å². The number of piperidine rings is 1. The Labute approximate surface area is 182 Å². The van der Waals surface area contributed by atoms with Gasteiger partial charge in [-0.3, -0.25) is 9.59 Å². The number of carbonyl (C=O) groups excluding carboxylic acids is 2. The number of Topliss-reactive ketones (excluding diaryl/α,β-unsaturated/α-hetero) is 1. The maximum atomic E-state index is 13.0. The van der Waals surface area contributed by atoms with Crippen molar-refractivity contribution in [1.29, 1.82) is 0 Å². The lowest BCUT2D eigenvalue weighted by molar-refractivity contribution is -0.135. The lowest BCUT2D eigenvalue weighted by Crippen LogP contribution is -2.43. The van der Waals surface area contributed by atoms with Gasteiger partial charge in [0, 0.05) is 43.2 Å². The van der Waals surface area contributed by atoms with Crippen molar-refractivity contribution in [2.24, 2.45) is 5.92 Å². The minimum atomic E-state index is -3.70. The third-order valence-electron chi connectivity index (χ3n) is 5.42. The molecule has 1 aliphatic heterocycles. The SMILES string of the molecule is CC(=O)c1cccc(S(=O)(=O)N2CCC(C(=O)N(C)Cc3ccccc3Cl)CC2)c1. The summed E-state index contributed by atoms with van der Waals surface area (Å²) in [6.07, 6.45) is 0.911. The van der Waals surface area contributed by atoms with Gasteiger partial charge in [-0.15, -0.1) is 0 Å². The van der Waals surface area contributed by atoms with Crippen LogP contribution in [0.15, 0.2) is 53.4 Å². The van der Waals surface area contributed by atoms with E-state index in [2.05, 4.69) is 0 Å². The van der Waals surface area contributed by atoms with Crippen molar-refractivity contribution in [2.75, 3.05) is 20.1 Å². The zero-order valence-electron chi connectivity index (χ0n) is 17.0. The Hall–Kier alpha value is -2.22. The summed E-state index contributed by atoms with van der Waals surface area (Å²) < 4.78 is 27.3. The third-order valence-corrected chi connectivity index (χ3v) is 7.69. The van der Waals surface area contributed by atoms with Crippen molar-refractivity contribution in [3.05, 3.63) is 64.7 Å². The molecule has 1 amide bonds. The molecule has 30 heavy (non-hydrogen) atoms. The summed E-state index contributed by atoms with van der Waals surface area (Å²) in [5.41, 5.74) is 1.24. The van der Waals surface area contributed by atoms with Crippen LogP contribution in [-0.2, 0) is 21.4 Å². The Morgan fingerprint density at radius 1 is 1.10 bits per heavy atom. The number of rotatable bonds is 6. The molecule has 0 atom stereocenters. The first-order chi connectivity index (χ1) is 14.2. The van der Waals surface area contributed by atoms with Crippen LogP contribution in [-0.4, -0.2) is 49.5 Å². The summed E-state index contributed by atoms with van der Waals surface area (Å²) in [4.78, 5) is 26.2. The molecule has 0 saturated carbocycles. The standard InChI is InChI=1S/C22H25ClN2O4S/c1-16(26)18-7-5-8-20(14-18)30(28,29)25-12-10-17(11-13-25)22(27)24(2)15-19-6-3-4-9-21(19)23/h3-9,14,17H,10-13,15H2,1-2H3. The second-order valence-corrected chi connectivity index (χ2v) is 9.89. The van der Waals surface area contributed by atoms with Crippen molar-refractivity contribution in [2.45, 2.75) is 31.2 Å². The number of nitrogens with zero attached hydrogens (tertiary/aromatic N) is 2. The zero-order chi connectivity index (χ0) is 21.9. The summed E-state index contributed by atoms with van der Waals surface area (Å²) in [6.45, 7) is 2.35. The first-order valence-electron chi connectivity index (χ1n) is 9.79. The number of amides is 1. The summed E-state index contributed by atoms with van der Waals surface area (Å²) in [6, 6.07) is 13.5. The van der Waals surface area contributed by atoms with E-state index in [1.807, 2.05) is 18.2 Å². The first kappa shape index (κ1) is 22.5. The lowest BCUT2D eigenvalue weighted by atomic mass is 9.96. The molecule has 0 aromatic heterocycles. The number of hydrogen-bond acceptors (Lipinski definition) is 4. The predicted molar refractivity (Wildman–Crippen MR) is 116 cm³/mol. The fourth-order valence-electron chi connectivity index (χ4n) is 3.64. The van der Waals surface area contributed by atoms with Crippen LogP contribution in [0.25, 0.3) is 0 Å². The van der Waals surface area contributed by atoms with E-state index in [1.54, 1.807) is 30.1 Å². The maximum absolute atomic E-state index is 13.0. The molecular formula is C22H25ClN2O4S. The highest BCUT2D eigenvalue weighted by Gasteiger charge is 2.33. The molecule has 160 valence electrons. The van der Waals surface area contributed by atoms with E-state index in [9.17, 15) is 18.0 Å². The van der Waals surface area contributed by atoms with Crippen LogP contribution in [0, 0.1) is 5.92 Å².